The molecule has 1 aromatic heterocycles. The standard InChI is InChI=1S/C23H26N4O5/c1-16(21-13-19(30-2)10-11-22(21)31-3)26-23(25-15-20-5-4-12-32-20)24-14-17-6-8-18(9-7-17)27(28)29/h4-13,16H,14-15H2,1-3H3,(H2,24,25,26). The monoisotopic (exact) mass is 438 g/mol. The van der Waals surface area contributed by atoms with Gasteiger partial charge in [-0.05, 0) is 42.8 Å². The van der Waals surface area contributed by atoms with Crippen LogP contribution in [0.25, 0.3) is 0 Å². The second-order valence-corrected chi connectivity index (χ2v) is 7.00. The summed E-state index contributed by atoms with van der Waals surface area (Å²) in [7, 11) is 3.24. The van der Waals surface area contributed by atoms with Crippen LogP contribution in [0, 0.1) is 10.1 Å². The van der Waals surface area contributed by atoms with E-state index in [0.29, 0.717) is 19.0 Å². The predicted octanol–water partition coefficient (Wildman–Crippen LogP) is 4.20. The lowest BCUT2D eigenvalue weighted by molar-refractivity contribution is -0.384. The highest BCUT2D eigenvalue weighted by Gasteiger charge is 2.15. The fourth-order valence-electron chi connectivity index (χ4n) is 3.09. The predicted molar refractivity (Wildman–Crippen MR) is 121 cm³/mol. The Kier molecular flexibility index (Phi) is 7.69. The summed E-state index contributed by atoms with van der Waals surface area (Å²) in [5.41, 5.74) is 1.81. The van der Waals surface area contributed by atoms with Gasteiger partial charge in [0, 0.05) is 17.7 Å². The number of ether oxygens (including phenoxy) is 2. The van der Waals surface area contributed by atoms with E-state index in [1.54, 1.807) is 32.6 Å². The maximum Gasteiger partial charge on any atom is 0.269 e. The third-order valence-corrected chi connectivity index (χ3v) is 4.83. The molecule has 0 bridgehead atoms. The van der Waals surface area contributed by atoms with Crippen molar-refractivity contribution in [2.75, 3.05) is 14.2 Å². The molecule has 0 amide bonds. The summed E-state index contributed by atoms with van der Waals surface area (Å²) in [5, 5.41) is 17.5. The summed E-state index contributed by atoms with van der Waals surface area (Å²) in [5.74, 6) is 2.77. The molecule has 9 heteroatoms. The van der Waals surface area contributed by atoms with Crippen molar-refractivity contribution in [1.82, 2.24) is 10.6 Å². The van der Waals surface area contributed by atoms with E-state index in [0.717, 1.165) is 28.4 Å². The van der Waals surface area contributed by atoms with Crippen LogP contribution >= 0.6 is 0 Å². The van der Waals surface area contributed by atoms with Crippen molar-refractivity contribution in [3.8, 4) is 11.5 Å². The average molecular weight is 438 g/mol. The van der Waals surface area contributed by atoms with Gasteiger partial charge in [0.1, 0.15) is 17.3 Å². The number of nitro groups is 1. The Balaban J connectivity index is 1.78. The summed E-state index contributed by atoms with van der Waals surface area (Å²) >= 11 is 0. The van der Waals surface area contributed by atoms with Crippen molar-refractivity contribution in [1.29, 1.82) is 0 Å². The van der Waals surface area contributed by atoms with Crippen molar-refractivity contribution in [3.05, 3.63) is 87.9 Å². The SMILES string of the molecule is COc1ccc(OC)c(C(C)NC(=NCc2ccc([N+](=O)[O-])cc2)NCc2ccco2)c1. The quantitative estimate of drug-likeness (QED) is 0.223. The second-order valence-electron chi connectivity index (χ2n) is 7.00. The van der Waals surface area contributed by atoms with E-state index >= 15 is 0 Å². The van der Waals surface area contributed by atoms with Crippen molar-refractivity contribution < 1.29 is 18.8 Å². The molecule has 0 saturated carbocycles. The average Bonchev–Trinajstić information content (AvgIpc) is 3.34. The van der Waals surface area contributed by atoms with Gasteiger partial charge in [-0.25, -0.2) is 4.99 Å². The maximum absolute atomic E-state index is 10.9. The first-order chi connectivity index (χ1) is 15.5. The van der Waals surface area contributed by atoms with Crippen LogP contribution < -0.4 is 20.1 Å². The summed E-state index contributed by atoms with van der Waals surface area (Å²) in [6.45, 7) is 2.78. The number of furan rings is 1. The first kappa shape index (κ1) is 22.7. The highest BCUT2D eigenvalue weighted by atomic mass is 16.6. The van der Waals surface area contributed by atoms with Gasteiger partial charge >= 0.3 is 0 Å². The van der Waals surface area contributed by atoms with Gasteiger partial charge in [-0.15, -0.1) is 0 Å². The van der Waals surface area contributed by atoms with E-state index in [-0.39, 0.29) is 11.7 Å². The van der Waals surface area contributed by atoms with Crippen LogP contribution in [0.2, 0.25) is 0 Å². The number of benzene rings is 2. The van der Waals surface area contributed by atoms with E-state index in [4.69, 9.17) is 13.9 Å². The molecule has 0 aliphatic rings. The second kappa shape index (κ2) is 10.9. The Morgan fingerprint density at radius 1 is 1.16 bits per heavy atom. The lowest BCUT2D eigenvalue weighted by atomic mass is 10.1. The first-order valence-electron chi connectivity index (χ1n) is 10.0. The molecular formula is C23H26N4O5. The van der Waals surface area contributed by atoms with Crippen LogP contribution in [-0.2, 0) is 13.1 Å². The third kappa shape index (κ3) is 6.00. The van der Waals surface area contributed by atoms with Gasteiger partial charge in [0.2, 0.25) is 0 Å². The van der Waals surface area contributed by atoms with Crippen molar-refractivity contribution in [3.63, 3.8) is 0 Å². The Morgan fingerprint density at radius 3 is 2.56 bits per heavy atom. The topological polar surface area (TPSA) is 111 Å². The van der Waals surface area contributed by atoms with E-state index < -0.39 is 4.92 Å². The zero-order chi connectivity index (χ0) is 22.9. The Labute approximate surface area is 186 Å². The number of guanidine groups is 1. The van der Waals surface area contributed by atoms with Crippen LogP contribution in [-0.4, -0.2) is 25.1 Å². The summed E-state index contributed by atoms with van der Waals surface area (Å²) < 4.78 is 16.2. The molecule has 1 heterocycles. The summed E-state index contributed by atoms with van der Waals surface area (Å²) in [6.07, 6.45) is 1.61. The van der Waals surface area contributed by atoms with Gasteiger partial charge in [-0.3, -0.25) is 10.1 Å². The minimum absolute atomic E-state index is 0.0470. The minimum atomic E-state index is -0.422. The van der Waals surface area contributed by atoms with Crippen LogP contribution in [0.4, 0.5) is 5.69 Å². The minimum Gasteiger partial charge on any atom is -0.497 e. The van der Waals surface area contributed by atoms with Gasteiger partial charge in [-0.2, -0.15) is 0 Å². The fraction of sp³-hybridized carbons (Fsp3) is 0.261. The number of nitrogens with zero attached hydrogens (tertiary/aromatic N) is 2. The Hall–Kier alpha value is -4.01. The molecule has 0 aliphatic heterocycles. The molecule has 0 saturated heterocycles. The van der Waals surface area contributed by atoms with Crippen molar-refractivity contribution >= 4 is 11.6 Å². The molecule has 32 heavy (non-hydrogen) atoms. The van der Waals surface area contributed by atoms with Crippen LogP contribution in [0.15, 0.2) is 70.3 Å². The lowest BCUT2D eigenvalue weighted by Gasteiger charge is -2.21. The zero-order valence-corrected chi connectivity index (χ0v) is 18.2. The molecule has 3 aromatic rings. The number of nitrogens with one attached hydrogen (secondary N) is 2. The first-order valence-corrected chi connectivity index (χ1v) is 10.0. The summed E-state index contributed by atoms with van der Waals surface area (Å²) in [4.78, 5) is 15.1. The Bertz CT molecular complexity index is 1050. The lowest BCUT2D eigenvalue weighted by Crippen LogP contribution is -2.38. The molecule has 2 N–H and O–H groups in total. The smallest absolute Gasteiger partial charge is 0.269 e. The number of methoxy groups -OCH3 is 2. The number of non-ortho nitro benzene ring substituents is 1. The van der Waals surface area contributed by atoms with Gasteiger partial charge in [0.05, 0.1) is 44.5 Å². The number of nitro benzene ring substituents is 1. The molecule has 0 spiro atoms. The van der Waals surface area contributed by atoms with Gasteiger partial charge in [0.15, 0.2) is 5.96 Å². The van der Waals surface area contributed by atoms with Crippen molar-refractivity contribution in [2.24, 2.45) is 4.99 Å². The van der Waals surface area contributed by atoms with E-state index in [1.807, 2.05) is 37.3 Å². The van der Waals surface area contributed by atoms with E-state index in [1.165, 1.54) is 12.1 Å². The molecule has 1 atom stereocenters. The number of aliphatic imine (C=N–C) groups is 1. The zero-order valence-electron chi connectivity index (χ0n) is 18.2. The Morgan fingerprint density at radius 2 is 1.94 bits per heavy atom. The van der Waals surface area contributed by atoms with Crippen LogP contribution in [0.1, 0.15) is 29.9 Å². The van der Waals surface area contributed by atoms with Crippen LogP contribution in [0.3, 0.4) is 0 Å². The molecule has 168 valence electrons. The highest BCUT2D eigenvalue weighted by Crippen LogP contribution is 2.29. The molecule has 1 unspecified atom stereocenters. The van der Waals surface area contributed by atoms with Crippen LogP contribution in [0.5, 0.6) is 11.5 Å². The number of hydrogen-bond donors (Lipinski definition) is 2. The molecule has 0 fully saturated rings. The molecule has 2 aromatic carbocycles. The van der Waals surface area contributed by atoms with E-state index in [9.17, 15) is 10.1 Å². The molecular weight excluding hydrogens is 412 g/mol. The third-order valence-electron chi connectivity index (χ3n) is 4.83. The molecule has 0 radical (unpaired) electrons. The van der Waals surface area contributed by atoms with Gasteiger partial charge < -0.3 is 24.5 Å². The van der Waals surface area contributed by atoms with Gasteiger partial charge in [-0.1, -0.05) is 12.1 Å². The largest absolute Gasteiger partial charge is 0.497 e. The molecule has 9 nitrogen and oxygen atoms in total. The highest BCUT2D eigenvalue weighted by molar-refractivity contribution is 5.80. The summed E-state index contributed by atoms with van der Waals surface area (Å²) in [6, 6.07) is 15.5. The molecule has 3 rings (SSSR count). The van der Waals surface area contributed by atoms with E-state index in [2.05, 4.69) is 15.6 Å². The number of hydrogen-bond acceptors (Lipinski definition) is 6. The normalized spacial score (nSPS) is 12.2. The van der Waals surface area contributed by atoms with Gasteiger partial charge in [0.25, 0.3) is 5.69 Å². The number of rotatable bonds is 9. The maximum atomic E-state index is 10.9. The fourth-order valence-corrected chi connectivity index (χ4v) is 3.09. The molecule has 0 aliphatic carbocycles. The van der Waals surface area contributed by atoms with Crippen molar-refractivity contribution in [2.45, 2.75) is 26.1 Å².